The Kier molecular flexibility index (Phi) is 5.17. The van der Waals surface area contributed by atoms with Crippen LogP contribution in [0.4, 0.5) is 0 Å². The molecule has 0 saturated carbocycles. The Hall–Kier alpha value is -1.06. The molecule has 1 rings (SSSR count). The number of methoxy groups -OCH3 is 1. The first kappa shape index (κ1) is 15.0. The maximum absolute atomic E-state index is 10.9. The van der Waals surface area contributed by atoms with Crippen molar-refractivity contribution in [2.45, 2.75) is 26.2 Å². The van der Waals surface area contributed by atoms with E-state index in [1.807, 2.05) is 18.2 Å². The SMILES string of the molecule is COc1ccc(C(C)(C)CNCC(C)=O)cc1Cl. The summed E-state index contributed by atoms with van der Waals surface area (Å²) in [6.07, 6.45) is 0. The molecule has 0 saturated heterocycles. The Labute approximate surface area is 113 Å². The predicted molar refractivity (Wildman–Crippen MR) is 74.6 cm³/mol. The third-order valence-electron chi connectivity index (χ3n) is 2.87. The lowest BCUT2D eigenvalue weighted by molar-refractivity contribution is -0.116. The topological polar surface area (TPSA) is 38.3 Å². The standard InChI is InChI=1S/C14H20ClNO2/c1-10(17)8-16-9-14(2,3)11-5-6-13(18-4)12(15)7-11/h5-7,16H,8-9H2,1-4H3. The van der Waals surface area contributed by atoms with E-state index >= 15 is 0 Å². The van der Waals surface area contributed by atoms with Crippen LogP contribution in [0.1, 0.15) is 26.3 Å². The zero-order chi connectivity index (χ0) is 13.8. The molecule has 18 heavy (non-hydrogen) atoms. The van der Waals surface area contributed by atoms with E-state index in [-0.39, 0.29) is 11.2 Å². The zero-order valence-electron chi connectivity index (χ0n) is 11.3. The van der Waals surface area contributed by atoms with Gasteiger partial charge in [-0.25, -0.2) is 0 Å². The average Bonchev–Trinajstić information content (AvgIpc) is 2.28. The minimum Gasteiger partial charge on any atom is -0.495 e. The number of carbonyl (C=O) groups is 1. The maximum atomic E-state index is 10.9. The lowest BCUT2D eigenvalue weighted by atomic mass is 9.84. The van der Waals surface area contributed by atoms with Gasteiger partial charge >= 0.3 is 0 Å². The Morgan fingerprint density at radius 2 is 2.11 bits per heavy atom. The van der Waals surface area contributed by atoms with Gasteiger partial charge in [0.1, 0.15) is 11.5 Å². The monoisotopic (exact) mass is 269 g/mol. The molecule has 0 atom stereocenters. The number of benzene rings is 1. The van der Waals surface area contributed by atoms with Crippen LogP contribution in [-0.4, -0.2) is 26.0 Å². The molecule has 1 aromatic carbocycles. The van der Waals surface area contributed by atoms with E-state index in [4.69, 9.17) is 16.3 Å². The number of halogens is 1. The van der Waals surface area contributed by atoms with Crippen molar-refractivity contribution >= 4 is 17.4 Å². The number of ketones is 1. The second-order valence-electron chi connectivity index (χ2n) is 5.04. The lowest BCUT2D eigenvalue weighted by Gasteiger charge is -2.26. The van der Waals surface area contributed by atoms with Crippen molar-refractivity contribution in [3.05, 3.63) is 28.8 Å². The van der Waals surface area contributed by atoms with Crippen LogP contribution in [0.25, 0.3) is 0 Å². The molecular weight excluding hydrogens is 250 g/mol. The van der Waals surface area contributed by atoms with Crippen LogP contribution < -0.4 is 10.1 Å². The molecule has 0 spiro atoms. The molecule has 0 radical (unpaired) electrons. The van der Waals surface area contributed by atoms with Gasteiger partial charge in [-0.05, 0) is 24.6 Å². The molecule has 1 N–H and O–H groups in total. The smallest absolute Gasteiger partial charge is 0.143 e. The van der Waals surface area contributed by atoms with E-state index < -0.39 is 0 Å². The van der Waals surface area contributed by atoms with Gasteiger partial charge in [0.15, 0.2) is 0 Å². The highest BCUT2D eigenvalue weighted by molar-refractivity contribution is 6.32. The molecule has 0 aromatic heterocycles. The summed E-state index contributed by atoms with van der Waals surface area (Å²) in [6.45, 7) is 6.91. The molecule has 0 aliphatic heterocycles. The number of hydrogen-bond donors (Lipinski definition) is 1. The second kappa shape index (κ2) is 6.21. The molecule has 1 aromatic rings. The van der Waals surface area contributed by atoms with E-state index in [1.165, 1.54) is 0 Å². The molecule has 0 amide bonds. The Morgan fingerprint density at radius 3 is 2.61 bits per heavy atom. The second-order valence-corrected chi connectivity index (χ2v) is 5.45. The fraction of sp³-hybridized carbons (Fsp3) is 0.500. The van der Waals surface area contributed by atoms with Crippen LogP contribution in [0.15, 0.2) is 18.2 Å². The van der Waals surface area contributed by atoms with Crippen molar-refractivity contribution in [2.24, 2.45) is 0 Å². The number of nitrogens with one attached hydrogen (secondary N) is 1. The van der Waals surface area contributed by atoms with E-state index in [2.05, 4.69) is 19.2 Å². The minimum atomic E-state index is -0.0919. The van der Waals surface area contributed by atoms with Gasteiger partial charge in [-0.2, -0.15) is 0 Å². The fourth-order valence-electron chi connectivity index (χ4n) is 1.74. The molecule has 4 heteroatoms. The maximum Gasteiger partial charge on any atom is 0.143 e. The van der Waals surface area contributed by atoms with Crippen LogP contribution in [0.2, 0.25) is 5.02 Å². The molecule has 100 valence electrons. The lowest BCUT2D eigenvalue weighted by Crippen LogP contribution is -2.35. The highest BCUT2D eigenvalue weighted by Crippen LogP contribution is 2.30. The third kappa shape index (κ3) is 4.00. The van der Waals surface area contributed by atoms with Crippen molar-refractivity contribution in [1.82, 2.24) is 5.32 Å². The summed E-state index contributed by atoms with van der Waals surface area (Å²) in [6, 6.07) is 5.78. The number of hydrogen-bond acceptors (Lipinski definition) is 3. The summed E-state index contributed by atoms with van der Waals surface area (Å²) in [5.74, 6) is 0.812. The minimum absolute atomic E-state index is 0.0919. The van der Waals surface area contributed by atoms with E-state index in [1.54, 1.807) is 14.0 Å². The Morgan fingerprint density at radius 1 is 1.44 bits per heavy atom. The number of ether oxygens (including phenoxy) is 1. The normalized spacial score (nSPS) is 11.4. The quantitative estimate of drug-likeness (QED) is 0.863. The van der Waals surface area contributed by atoms with Crippen molar-refractivity contribution in [3.63, 3.8) is 0 Å². The van der Waals surface area contributed by atoms with Gasteiger partial charge < -0.3 is 10.1 Å². The summed E-state index contributed by atoms with van der Waals surface area (Å²) in [7, 11) is 1.60. The average molecular weight is 270 g/mol. The zero-order valence-corrected chi connectivity index (χ0v) is 12.1. The molecule has 0 heterocycles. The van der Waals surface area contributed by atoms with Gasteiger partial charge in [-0.15, -0.1) is 0 Å². The summed E-state index contributed by atoms with van der Waals surface area (Å²) < 4.78 is 5.13. The predicted octanol–water partition coefficient (Wildman–Crippen LogP) is 2.80. The largest absolute Gasteiger partial charge is 0.495 e. The van der Waals surface area contributed by atoms with Crippen LogP contribution in [0, 0.1) is 0 Å². The van der Waals surface area contributed by atoms with Crippen LogP contribution in [0.3, 0.4) is 0 Å². The summed E-state index contributed by atoms with van der Waals surface area (Å²) in [4.78, 5) is 10.9. The number of rotatable bonds is 6. The molecule has 0 aliphatic rings. The first-order valence-electron chi connectivity index (χ1n) is 5.91. The molecule has 3 nitrogen and oxygen atoms in total. The van der Waals surface area contributed by atoms with E-state index in [9.17, 15) is 4.79 Å². The number of Topliss-reactive ketones (excluding diaryl/α,β-unsaturated/α-hetero) is 1. The number of carbonyl (C=O) groups excluding carboxylic acids is 1. The first-order valence-corrected chi connectivity index (χ1v) is 6.29. The van der Waals surface area contributed by atoms with Gasteiger partial charge in [0, 0.05) is 12.0 Å². The van der Waals surface area contributed by atoms with Crippen molar-refractivity contribution in [3.8, 4) is 5.75 Å². The molecule has 0 unspecified atom stereocenters. The van der Waals surface area contributed by atoms with Gasteiger partial charge in [-0.3, -0.25) is 4.79 Å². The van der Waals surface area contributed by atoms with E-state index in [0.29, 0.717) is 17.3 Å². The summed E-state index contributed by atoms with van der Waals surface area (Å²) in [5.41, 5.74) is 1.02. The van der Waals surface area contributed by atoms with Crippen molar-refractivity contribution in [2.75, 3.05) is 20.2 Å². The first-order chi connectivity index (χ1) is 8.36. The van der Waals surface area contributed by atoms with Crippen molar-refractivity contribution < 1.29 is 9.53 Å². The van der Waals surface area contributed by atoms with Crippen molar-refractivity contribution in [1.29, 1.82) is 0 Å². The summed E-state index contributed by atoms with van der Waals surface area (Å²) >= 11 is 6.12. The van der Waals surface area contributed by atoms with Gasteiger partial charge in [0.05, 0.1) is 18.7 Å². The molecule has 0 bridgehead atoms. The molecule has 0 aliphatic carbocycles. The highest BCUT2D eigenvalue weighted by Gasteiger charge is 2.21. The van der Waals surface area contributed by atoms with E-state index in [0.717, 1.165) is 12.1 Å². The van der Waals surface area contributed by atoms with Gasteiger partial charge in [0.2, 0.25) is 0 Å². The summed E-state index contributed by atoms with van der Waals surface area (Å²) in [5, 5.41) is 3.75. The molecule has 0 fully saturated rings. The van der Waals surface area contributed by atoms with Crippen LogP contribution in [-0.2, 0) is 10.2 Å². The van der Waals surface area contributed by atoms with Crippen LogP contribution >= 0.6 is 11.6 Å². The highest BCUT2D eigenvalue weighted by atomic mass is 35.5. The Balaban J connectivity index is 2.77. The molecular formula is C14H20ClNO2. The fourth-order valence-corrected chi connectivity index (χ4v) is 2.00. The third-order valence-corrected chi connectivity index (χ3v) is 3.17. The Bertz CT molecular complexity index is 430. The van der Waals surface area contributed by atoms with Crippen LogP contribution in [0.5, 0.6) is 5.75 Å². The van der Waals surface area contributed by atoms with Gasteiger partial charge in [0.25, 0.3) is 0 Å². The van der Waals surface area contributed by atoms with Gasteiger partial charge in [-0.1, -0.05) is 31.5 Å².